The fraction of sp³-hybridized carbons (Fsp3) is 0.650. The molecule has 27 heavy (non-hydrogen) atoms. The third-order valence-corrected chi connectivity index (χ3v) is 5.17. The van der Waals surface area contributed by atoms with Crippen LogP contribution in [0.4, 0.5) is 10.5 Å². The Kier molecular flexibility index (Phi) is 7.32. The van der Waals surface area contributed by atoms with Gasteiger partial charge in [0.2, 0.25) is 0 Å². The van der Waals surface area contributed by atoms with E-state index in [0.29, 0.717) is 19.1 Å². The van der Waals surface area contributed by atoms with E-state index in [4.69, 9.17) is 9.47 Å². The van der Waals surface area contributed by atoms with E-state index in [1.54, 1.807) is 0 Å². The Labute approximate surface area is 162 Å². The molecule has 1 atom stereocenters. The Morgan fingerprint density at radius 3 is 2.63 bits per heavy atom. The summed E-state index contributed by atoms with van der Waals surface area (Å²) in [6, 6.07) is 7.41. The highest BCUT2D eigenvalue weighted by atomic mass is 16.5. The molecule has 0 saturated carbocycles. The minimum atomic E-state index is -0.189. The summed E-state index contributed by atoms with van der Waals surface area (Å²) in [4.78, 5) is 16.7. The number of carbonyl (C=O) groups is 1. The van der Waals surface area contributed by atoms with Crippen LogP contribution in [0.1, 0.15) is 12.8 Å². The molecule has 0 aromatic heterocycles. The number of anilines is 1. The van der Waals surface area contributed by atoms with Crippen molar-refractivity contribution in [1.82, 2.24) is 15.1 Å². The van der Waals surface area contributed by atoms with Gasteiger partial charge in [0.15, 0.2) is 0 Å². The molecule has 2 fully saturated rings. The molecule has 3 rings (SSSR count). The lowest BCUT2D eigenvalue weighted by Crippen LogP contribution is -2.37. The van der Waals surface area contributed by atoms with E-state index < -0.39 is 0 Å². The zero-order valence-corrected chi connectivity index (χ0v) is 16.4. The molecule has 0 aliphatic carbocycles. The van der Waals surface area contributed by atoms with Gasteiger partial charge in [-0.3, -0.25) is 0 Å². The van der Waals surface area contributed by atoms with Crippen LogP contribution in [0.15, 0.2) is 24.3 Å². The van der Waals surface area contributed by atoms with E-state index in [-0.39, 0.29) is 12.1 Å². The van der Waals surface area contributed by atoms with Gasteiger partial charge >= 0.3 is 6.03 Å². The fourth-order valence-electron chi connectivity index (χ4n) is 3.50. The van der Waals surface area contributed by atoms with Crippen LogP contribution in [-0.2, 0) is 4.74 Å². The molecule has 2 aliphatic rings. The van der Waals surface area contributed by atoms with Gasteiger partial charge in [-0.2, -0.15) is 0 Å². The summed E-state index contributed by atoms with van der Waals surface area (Å²) >= 11 is 0. The lowest BCUT2D eigenvalue weighted by molar-refractivity contribution is 0.114. The molecule has 2 aliphatic heterocycles. The quantitative estimate of drug-likeness (QED) is 0.821. The van der Waals surface area contributed by atoms with Crippen molar-refractivity contribution in [1.29, 1.82) is 0 Å². The highest BCUT2D eigenvalue weighted by Crippen LogP contribution is 2.20. The van der Waals surface area contributed by atoms with Crippen LogP contribution in [0.25, 0.3) is 0 Å². The zero-order chi connectivity index (χ0) is 19.1. The van der Waals surface area contributed by atoms with Gasteiger partial charge in [0.1, 0.15) is 11.9 Å². The lowest BCUT2D eigenvalue weighted by Gasteiger charge is -2.29. The smallest absolute Gasteiger partial charge is 0.319 e. The monoisotopic (exact) mass is 376 g/mol. The van der Waals surface area contributed by atoms with Crippen LogP contribution in [0.2, 0.25) is 0 Å². The summed E-state index contributed by atoms with van der Waals surface area (Å²) in [6.07, 6.45) is 2.39. The van der Waals surface area contributed by atoms with E-state index in [2.05, 4.69) is 34.5 Å². The second-order valence-corrected chi connectivity index (χ2v) is 7.68. The Balaban J connectivity index is 1.40. The molecule has 2 N–H and O–H groups in total. The predicted octanol–water partition coefficient (Wildman–Crippen LogP) is 1.86. The van der Waals surface area contributed by atoms with E-state index in [9.17, 15) is 4.79 Å². The first-order chi connectivity index (χ1) is 13.1. The zero-order valence-electron chi connectivity index (χ0n) is 16.4. The number of nitrogens with zero attached hydrogens (tertiary/aromatic N) is 2. The number of rotatable bonds is 5. The number of hydrogen-bond donors (Lipinski definition) is 2. The van der Waals surface area contributed by atoms with Gasteiger partial charge in [-0.25, -0.2) is 4.79 Å². The van der Waals surface area contributed by atoms with Crippen molar-refractivity contribution in [3.8, 4) is 5.75 Å². The van der Waals surface area contributed by atoms with Crippen LogP contribution in [0.5, 0.6) is 5.75 Å². The van der Waals surface area contributed by atoms with Gasteiger partial charge in [0, 0.05) is 44.3 Å². The first-order valence-corrected chi connectivity index (χ1v) is 9.85. The number of carbonyl (C=O) groups excluding carboxylic acids is 1. The van der Waals surface area contributed by atoms with E-state index >= 15 is 0 Å². The number of ether oxygens (including phenoxy) is 2. The predicted molar refractivity (Wildman–Crippen MR) is 106 cm³/mol. The first-order valence-electron chi connectivity index (χ1n) is 9.85. The maximum absolute atomic E-state index is 12.1. The Hall–Kier alpha value is -1.83. The molecule has 0 bridgehead atoms. The van der Waals surface area contributed by atoms with Gasteiger partial charge < -0.3 is 29.9 Å². The Bertz CT molecular complexity index is 587. The number of likely N-dealkylation sites (N-methyl/N-ethyl adjacent to an activating group) is 1. The van der Waals surface area contributed by atoms with Crippen molar-refractivity contribution in [3.63, 3.8) is 0 Å². The second kappa shape index (κ2) is 9.92. The summed E-state index contributed by atoms with van der Waals surface area (Å²) in [7, 11) is 4.22. The Morgan fingerprint density at radius 1 is 1.15 bits per heavy atom. The summed E-state index contributed by atoms with van der Waals surface area (Å²) in [5.74, 6) is 1.17. The SMILES string of the molecule is CN1CCC(Oc2ccc(NC(=O)NC[C@@H]3COCCN(C)C3)cc2)CC1. The van der Waals surface area contributed by atoms with Gasteiger partial charge in [0.25, 0.3) is 0 Å². The average Bonchev–Trinajstić information content (AvgIpc) is 2.87. The first kappa shape index (κ1) is 19.9. The van der Waals surface area contributed by atoms with Crippen LogP contribution in [0.3, 0.4) is 0 Å². The van der Waals surface area contributed by atoms with Gasteiger partial charge in [0.05, 0.1) is 13.2 Å². The maximum Gasteiger partial charge on any atom is 0.319 e. The molecular formula is C20H32N4O3. The number of nitrogens with one attached hydrogen (secondary N) is 2. The van der Waals surface area contributed by atoms with Crippen LogP contribution >= 0.6 is 0 Å². The van der Waals surface area contributed by atoms with Crippen LogP contribution < -0.4 is 15.4 Å². The van der Waals surface area contributed by atoms with Crippen molar-refractivity contribution in [2.24, 2.45) is 5.92 Å². The number of urea groups is 1. The van der Waals surface area contributed by atoms with Crippen molar-refractivity contribution >= 4 is 11.7 Å². The molecule has 7 nitrogen and oxygen atoms in total. The van der Waals surface area contributed by atoms with Crippen molar-refractivity contribution in [3.05, 3.63) is 24.3 Å². The van der Waals surface area contributed by atoms with Crippen LogP contribution in [0, 0.1) is 5.92 Å². The maximum atomic E-state index is 12.1. The highest BCUT2D eigenvalue weighted by Gasteiger charge is 2.18. The summed E-state index contributed by atoms with van der Waals surface area (Å²) in [5, 5.41) is 5.82. The molecule has 0 spiro atoms. The molecule has 1 aromatic rings. The van der Waals surface area contributed by atoms with Crippen molar-refractivity contribution in [2.75, 3.05) is 65.3 Å². The molecule has 0 unspecified atom stereocenters. The topological polar surface area (TPSA) is 66.1 Å². The van der Waals surface area contributed by atoms with E-state index in [1.165, 1.54) is 0 Å². The number of amides is 2. The third-order valence-electron chi connectivity index (χ3n) is 5.17. The molecule has 2 heterocycles. The average molecular weight is 377 g/mol. The summed E-state index contributed by atoms with van der Waals surface area (Å²) in [6.45, 7) is 6.07. The number of hydrogen-bond acceptors (Lipinski definition) is 5. The van der Waals surface area contributed by atoms with Gasteiger partial charge in [-0.15, -0.1) is 0 Å². The number of piperidine rings is 1. The highest BCUT2D eigenvalue weighted by molar-refractivity contribution is 5.89. The van der Waals surface area contributed by atoms with Crippen molar-refractivity contribution < 1.29 is 14.3 Å². The second-order valence-electron chi connectivity index (χ2n) is 7.68. The van der Waals surface area contributed by atoms with E-state index in [1.807, 2.05) is 24.3 Å². The van der Waals surface area contributed by atoms with E-state index in [0.717, 1.165) is 57.1 Å². The third kappa shape index (κ3) is 6.68. The molecule has 1 aromatic carbocycles. The molecule has 0 radical (unpaired) electrons. The van der Waals surface area contributed by atoms with Gasteiger partial charge in [-0.1, -0.05) is 0 Å². The minimum absolute atomic E-state index is 0.189. The molecule has 2 saturated heterocycles. The number of benzene rings is 1. The van der Waals surface area contributed by atoms with Gasteiger partial charge in [-0.05, 0) is 51.2 Å². The summed E-state index contributed by atoms with van der Waals surface area (Å²) < 4.78 is 11.6. The standard InChI is InChI=1S/C20H32N4O3/c1-23-9-7-19(8-10-23)27-18-5-3-17(4-6-18)22-20(25)21-13-16-14-24(2)11-12-26-15-16/h3-6,16,19H,7-15H2,1-2H3,(H2,21,22,25)/t16-/m0/s1. The molecular weight excluding hydrogens is 344 g/mol. The number of likely N-dealkylation sites (tertiary alicyclic amines) is 1. The fourth-order valence-corrected chi connectivity index (χ4v) is 3.50. The normalized spacial score (nSPS) is 22.8. The van der Waals surface area contributed by atoms with Crippen LogP contribution in [-0.4, -0.2) is 82.0 Å². The molecule has 2 amide bonds. The minimum Gasteiger partial charge on any atom is -0.490 e. The largest absolute Gasteiger partial charge is 0.490 e. The summed E-state index contributed by atoms with van der Waals surface area (Å²) in [5.41, 5.74) is 0.762. The molecule has 150 valence electrons. The lowest BCUT2D eigenvalue weighted by atomic mass is 10.1. The Morgan fingerprint density at radius 2 is 1.89 bits per heavy atom. The van der Waals surface area contributed by atoms with Crippen molar-refractivity contribution in [2.45, 2.75) is 18.9 Å². The molecule has 7 heteroatoms.